The number of nitrogens with zero attached hydrogens (tertiary/aromatic N) is 1. The first kappa shape index (κ1) is 14.9. The second-order valence-electron chi connectivity index (χ2n) is 5.00. The van der Waals surface area contributed by atoms with Gasteiger partial charge in [0.05, 0.1) is 17.8 Å². The Labute approximate surface area is 133 Å². The highest BCUT2D eigenvalue weighted by Crippen LogP contribution is 2.32. The normalized spacial score (nSPS) is 11.8. The zero-order valence-corrected chi connectivity index (χ0v) is 12.3. The third-order valence-corrected chi connectivity index (χ3v) is 3.37. The van der Waals surface area contributed by atoms with Gasteiger partial charge in [0, 0.05) is 6.54 Å². The fourth-order valence-corrected chi connectivity index (χ4v) is 2.26. The molecule has 1 heterocycles. The van der Waals surface area contributed by atoms with Gasteiger partial charge in [0.2, 0.25) is 12.7 Å². The number of carbonyl (C=O) groups excluding carboxylic acids is 1. The number of ether oxygens (including phenoxy) is 2. The SMILES string of the molecule is N#Cc1ccccc1NC(=O)CNCc1ccc2c(c1)OCO2. The molecule has 0 bridgehead atoms. The molecule has 2 N–H and O–H groups in total. The van der Waals surface area contributed by atoms with Crippen molar-refractivity contribution in [3.63, 3.8) is 0 Å². The lowest BCUT2D eigenvalue weighted by molar-refractivity contribution is -0.115. The van der Waals surface area contributed by atoms with Crippen LogP contribution in [0.3, 0.4) is 0 Å². The Morgan fingerprint density at radius 1 is 1.17 bits per heavy atom. The number of hydrogen-bond acceptors (Lipinski definition) is 5. The molecule has 2 aromatic carbocycles. The number of benzene rings is 2. The number of nitriles is 1. The van der Waals surface area contributed by atoms with Gasteiger partial charge in [0.15, 0.2) is 11.5 Å². The molecule has 0 fully saturated rings. The van der Waals surface area contributed by atoms with Gasteiger partial charge in [0.1, 0.15) is 6.07 Å². The van der Waals surface area contributed by atoms with Crippen molar-refractivity contribution in [2.24, 2.45) is 0 Å². The van der Waals surface area contributed by atoms with Gasteiger partial charge in [-0.05, 0) is 29.8 Å². The Balaban J connectivity index is 1.51. The summed E-state index contributed by atoms with van der Waals surface area (Å²) < 4.78 is 10.6. The second kappa shape index (κ2) is 6.81. The number of fused-ring (bicyclic) bond motifs is 1. The smallest absolute Gasteiger partial charge is 0.238 e. The van der Waals surface area contributed by atoms with Gasteiger partial charge in [-0.2, -0.15) is 5.26 Å². The molecule has 6 nitrogen and oxygen atoms in total. The van der Waals surface area contributed by atoms with Gasteiger partial charge in [-0.15, -0.1) is 0 Å². The van der Waals surface area contributed by atoms with Gasteiger partial charge in [0.25, 0.3) is 0 Å². The molecule has 0 aliphatic carbocycles. The highest BCUT2D eigenvalue weighted by Gasteiger charge is 2.13. The van der Waals surface area contributed by atoms with Crippen LogP contribution in [0.1, 0.15) is 11.1 Å². The summed E-state index contributed by atoms with van der Waals surface area (Å²) in [5.74, 6) is 1.25. The Kier molecular flexibility index (Phi) is 4.41. The van der Waals surface area contributed by atoms with Crippen LogP contribution < -0.4 is 20.1 Å². The van der Waals surface area contributed by atoms with Crippen LogP contribution in [0.5, 0.6) is 11.5 Å². The Hall–Kier alpha value is -3.04. The van der Waals surface area contributed by atoms with Crippen LogP contribution >= 0.6 is 0 Å². The molecule has 0 saturated carbocycles. The van der Waals surface area contributed by atoms with Crippen molar-refractivity contribution >= 4 is 11.6 Å². The minimum Gasteiger partial charge on any atom is -0.454 e. The molecule has 0 unspecified atom stereocenters. The minimum atomic E-state index is -0.201. The van der Waals surface area contributed by atoms with Crippen LogP contribution in [0.25, 0.3) is 0 Å². The van der Waals surface area contributed by atoms with Crippen molar-refractivity contribution in [2.45, 2.75) is 6.54 Å². The van der Waals surface area contributed by atoms with E-state index in [1.54, 1.807) is 24.3 Å². The molecule has 0 spiro atoms. The van der Waals surface area contributed by atoms with E-state index in [0.717, 1.165) is 17.1 Å². The number of rotatable bonds is 5. The lowest BCUT2D eigenvalue weighted by Crippen LogP contribution is -2.28. The molecule has 3 rings (SSSR count). The number of amides is 1. The third-order valence-electron chi connectivity index (χ3n) is 3.37. The molecule has 1 aliphatic heterocycles. The Morgan fingerprint density at radius 2 is 2.00 bits per heavy atom. The van der Waals surface area contributed by atoms with E-state index in [9.17, 15) is 4.79 Å². The summed E-state index contributed by atoms with van der Waals surface area (Å²) in [4.78, 5) is 11.9. The Bertz CT molecular complexity index is 768. The van der Waals surface area contributed by atoms with Crippen LogP contribution in [-0.2, 0) is 11.3 Å². The summed E-state index contributed by atoms with van der Waals surface area (Å²) in [5.41, 5.74) is 1.96. The van der Waals surface area contributed by atoms with E-state index >= 15 is 0 Å². The van der Waals surface area contributed by atoms with Crippen LogP contribution in [0.2, 0.25) is 0 Å². The van der Waals surface area contributed by atoms with Crippen molar-refractivity contribution in [1.29, 1.82) is 5.26 Å². The minimum absolute atomic E-state index is 0.147. The summed E-state index contributed by atoms with van der Waals surface area (Å²) in [5, 5.41) is 14.8. The maximum Gasteiger partial charge on any atom is 0.238 e. The first-order chi connectivity index (χ1) is 11.3. The molecule has 116 valence electrons. The van der Waals surface area contributed by atoms with Gasteiger partial charge >= 0.3 is 0 Å². The van der Waals surface area contributed by atoms with Crippen molar-refractivity contribution in [1.82, 2.24) is 5.32 Å². The molecule has 0 saturated heterocycles. The van der Waals surface area contributed by atoms with Crippen LogP contribution in [-0.4, -0.2) is 19.2 Å². The zero-order chi connectivity index (χ0) is 16.1. The van der Waals surface area contributed by atoms with E-state index in [2.05, 4.69) is 10.6 Å². The highest BCUT2D eigenvalue weighted by molar-refractivity contribution is 5.93. The highest BCUT2D eigenvalue weighted by atomic mass is 16.7. The quantitative estimate of drug-likeness (QED) is 0.883. The number of carbonyl (C=O) groups is 1. The topological polar surface area (TPSA) is 83.4 Å². The molecular formula is C17H15N3O3. The largest absolute Gasteiger partial charge is 0.454 e. The van der Waals surface area contributed by atoms with Gasteiger partial charge < -0.3 is 20.1 Å². The number of para-hydroxylation sites is 1. The van der Waals surface area contributed by atoms with E-state index < -0.39 is 0 Å². The molecule has 1 aliphatic rings. The number of hydrogen-bond donors (Lipinski definition) is 2. The molecule has 0 radical (unpaired) electrons. The van der Waals surface area contributed by atoms with E-state index in [1.165, 1.54) is 0 Å². The predicted molar refractivity (Wildman–Crippen MR) is 84.1 cm³/mol. The average Bonchev–Trinajstić information content (AvgIpc) is 3.03. The zero-order valence-electron chi connectivity index (χ0n) is 12.3. The van der Waals surface area contributed by atoms with Crippen LogP contribution in [0.15, 0.2) is 42.5 Å². The second-order valence-corrected chi connectivity index (χ2v) is 5.00. The van der Waals surface area contributed by atoms with Gasteiger partial charge in [-0.25, -0.2) is 0 Å². The summed E-state index contributed by atoms with van der Waals surface area (Å²) in [6.07, 6.45) is 0. The lowest BCUT2D eigenvalue weighted by Gasteiger charge is -2.08. The molecule has 0 aromatic heterocycles. The Morgan fingerprint density at radius 3 is 2.87 bits per heavy atom. The standard InChI is InChI=1S/C17H15N3O3/c18-8-13-3-1-2-4-14(13)20-17(21)10-19-9-12-5-6-15-16(7-12)23-11-22-15/h1-7,19H,9-11H2,(H,20,21). The molecule has 23 heavy (non-hydrogen) atoms. The van der Waals surface area contributed by atoms with E-state index in [1.807, 2.05) is 24.3 Å². The predicted octanol–water partition coefficient (Wildman–Crippen LogP) is 2.02. The van der Waals surface area contributed by atoms with Crippen molar-refractivity contribution in [3.05, 3.63) is 53.6 Å². The molecule has 0 atom stereocenters. The van der Waals surface area contributed by atoms with E-state index in [0.29, 0.717) is 17.8 Å². The third kappa shape index (κ3) is 3.59. The lowest BCUT2D eigenvalue weighted by atomic mass is 10.2. The maximum absolute atomic E-state index is 11.9. The monoisotopic (exact) mass is 309 g/mol. The fourth-order valence-electron chi connectivity index (χ4n) is 2.26. The molecule has 1 amide bonds. The fraction of sp³-hybridized carbons (Fsp3) is 0.176. The van der Waals surface area contributed by atoms with Crippen LogP contribution in [0, 0.1) is 11.3 Å². The van der Waals surface area contributed by atoms with Crippen molar-refractivity contribution in [2.75, 3.05) is 18.7 Å². The summed E-state index contributed by atoms with van der Waals surface area (Å²) in [6, 6.07) is 14.6. The van der Waals surface area contributed by atoms with Crippen molar-refractivity contribution < 1.29 is 14.3 Å². The summed E-state index contributed by atoms with van der Waals surface area (Å²) in [6.45, 7) is 0.922. The van der Waals surface area contributed by atoms with E-state index in [4.69, 9.17) is 14.7 Å². The van der Waals surface area contributed by atoms with Gasteiger partial charge in [-0.1, -0.05) is 18.2 Å². The maximum atomic E-state index is 11.9. The first-order valence-corrected chi connectivity index (χ1v) is 7.14. The number of anilines is 1. The molecule has 6 heteroatoms. The average molecular weight is 309 g/mol. The number of nitrogens with one attached hydrogen (secondary N) is 2. The molecular weight excluding hydrogens is 294 g/mol. The van der Waals surface area contributed by atoms with Gasteiger partial charge in [-0.3, -0.25) is 4.79 Å². The van der Waals surface area contributed by atoms with E-state index in [-0.39, 0.29) is 19.2 Å². The van der Waals surface area contributed by atoms with Crippen molar-refractivity contribution in [3.8, 4) is 17.6 Å². The first-order valence-electron chi connectivity index (χ1n) is 7.14. The summed E-state index contributed by atoms with van der Waals surface area (Å²) >= 11 is 0. The molecule has 2 aromatic rings. The summed E-state index contributed by atoms with van der Waals surface area (Å²) in [7, 11) is 0. The van der Waals surface area contributed by atoms with Crippen LogP contribution in [0.4, 0.5) is 5.69 Å².